The maximum Gasteiger partial charge on any atom is 0.241 e. The molecule has 0 unspecified atom stereocenters. The zero-order valence-electron chi connectivity index (χ0n) is 14.4. The zero-order chi connectivity index (χ0) is 18.6. The Kier molecular flexibility index (Phi) is 5.35. The summed E-state index contributed by atoms with van der Waals surface area (Å²) in [4.78, 5) is 13.9. The highest BCUT2D eigenvalue weighted by atomic mass is 32.2. The summed E-state index contributed by atoms with van der Waals surface area (Å²) >= 11 is 0. The van der Waals surface area contributed by atoms with E-state index in [-0.39, 0.29) is 17.3 Å². The van der Waals surface area contributed by atoms with E-state index in [0.717, 1.165) is 16.3 Å². The molecule has 1 amide bonds. The number of hydrogen-bond donors (Lipinski definition) is 1. The average molecular weight is 368 g/mol. The lowest BCUT2D eigenvalue weighted by Crippen LogP contribution is -2.37. The standard InChI is InChI=1S/C20H20N2O3S/c1-22(15-16-7-3-2-4-8-16)20(23)14-21-26(24,25)19-12-11-17-9-5-6-10-18(17)13-19/h2-13,21H,14-15H2,1H3. The van der Waals surface area contributed by atoms with Crippen LogP contribution in [0, 0.1) is 0 Å². The second kappa shape index (κ2) is 7.68. The smallest absolute Gasteiger partial charge is 0.241 e. The lowest BCUT2D eigenvalue weighted by molar-refractivity contribution is -0.129. The summed E-state index contributed by atoms with van der Waals surface area (Å²) in [5.74, 6) is -0.293. The monoisotopic (exact) mass is 368 g/mol. The Balaban J connectivity index is 1.66. The van der Waals surface area contributed by atoms with Gasteiger partial charge in [-0.25, -0.2) is 13.1 Å². The summed E-state index contributed by atoms with van der Waals surface area (Å²) in [5.41, 5.74) is 0.987. The highest BCUT2D eigenvalue weighted by Gasteiger charge is 2.17. The predicted octanol–water partition coefficient (Wildman–Crippen LogP) is 2.78. The van der Waals surface area contributed by atoms with Crippen LogP contribution < -0.4 is 4.72 Å². The van der Waals surface area contributed by atoms with Gasteiger partial charge in [-0.15, -0.1) is 0 Å². The second-order valence-corrected chi connectivity index (χ2v) is 7.84. The largest absolute Gasteiger partial charge is 0.340 e. The van der Waals surface area contributed by atoms with E-state index in [1.165, 1.54) is 4.90 Å². The van der Waals surface area contributed by atoms with Gasteiger partial charge in [-0.05, 0) is 28.5 Å². The van der Waals surface area contributed by atoms with E-state index in [0.29, 0.717) is 6.54 Å². The van der Waals surface area contributed by atoms with Crippen LogP contribution in [0.2, 0.25) is 0 Å². The van der Waals surface area contributed by atoms with Gasteiger partial charge in [0.05, 0.1) is 11.4 Å². The molecule has 0 saturated heterocycles. The molecule has 0 aliphatic carbocycles. The van der Waals surface area contributed by atoms with Gasteiger partial charge in [0.25, 0.3) is 0 Å². The molecule has 5 nitrogen and oxygen atoms in total. The molecule has 0 heterocycles. The highest BCUT2D eigenvalue weighted by Crippen LogP contribution is 2.18. The van der Waals surface area contributed by atoms with Gasteiger partial charge in [-0.1, -0.05) is 60.7 Å². The number of carbonyl (C=O) groups excluding carboxylic acids is 1. The zero-order valence-corrected chi connectivity index (χ0v) is 15.2. The molecular formula is C20H20N2O3S. The van der Waals surface area contributed by atoms with Crippen molar-refractivity contribution < 1.29 is 13.2 Å². The molecule has 0 atom stereocenters. The summed E-state index contributed by atoms with van der Waals surface area (Å²) in [5, 5.41) is 1.80. The first-order valence-electron chi connectivity index (χ1n) is 8.22. The molecule has 0 fully saturated rings. The van der Waals surface area contributed by atoms with Gasteiger partial charge in [0, 0.05) is 13.6 Å². The van der Waals surface area contributed by atoms with Crippen molar-refractivity contribution in [2.75, 3.05) is 13.6 Å². The summed E-state index contributed by atoms with van der Waals surface area (Å²) in [6, 6.07) is 22.0. The molecular weight excluding hydrogens is 348 g/mol. The third kappa shape index (κ3) is 4.28. The summed E-state index contributed by atoms with van der Waals surface area (Å²) in [6.45, 7) is 0.149. The number of nitrogens with one attached hydrogen (secondary N) is 1. The number of rotatable bonds is 6. The summed E-state index contributed by atoms with van der Waals surface area (Å²) < 4.78 is 27.3. The Bertz CT molecular complexity index is 1020. The Morgan fingerprint density at radius 2 is 1.58 bits per heavy atom. The molecule has 0 bridgehead atoms. The normalized spacial score (nSPS) is 11.4. The van der Waals surface area contributed by atoms with Gasteiger partial charge in [-0.3, -0.25) is 4.79 Å². The van der Waals surface area contributed by atoms with E-state index in [1.54, 1.807) is 25.2 Å². The molecule has 134 valence electrons. The van der Waals surface area contributed by atoms with E-state index in [4.69, 9.17) is 0 Å². The van der Waals surface area contributed by atoms with Gasteiger partial charge in [0.15, 0.2) is 0 Å². The van der Waals surface area contributed by atoms with Crippen LogP contribution in [0.25, 0.3) is 10.8 Å². The number of nitrogens with zero attached hydrogens (tertiary/aromatic N) is 1. The molecule has 6 heteroatoms. The van der Waals surface area contributed by atoms with E-state index in [9.17, 15) is 13.2 Å². The van der Waals surface area contributed by atoms with Gasteiger partial charge < -0.3 is 4.90 Å². The van der Waals surface area contributed by atoms with Crippen molar-refractivity contribution in [1.29, 1.82) is 0 Å². The van der Waals surface area contributed by atoms with Crippen molar-refractivity contribution in [3.8, 4) is 0 Å². The third-order valence-electron chi connectivity index (χ3n) is 4.13. The molecule has 3 aromatic carbocycles. The fourth-order valence-electron chi connectivity index (χ4n) is 2.66. The minimum Gasteiger partial charge on any atom is -0.340 e. The average Bonchev–Trinajstić information content (AvgIpc) is 2.66. The number of amides is 1. The van der Waals surface area contributed by atoms with Crippen LogP contribution in [0.3, 0.4) is 0 Å². The van der Waals surface area contributed by atoms with E-state index in [2.05, 4.69) is 4.72 Å². The molecule has 0 saturated carbocycles. The van der Waals surface area contributed by atoms with Gasteiger partial charge in [0.1, 0.15) is 0 Å². The molecule has 26 heavy (non-hydrogen) atoms. The first-order chi connectivity index (χ1) is 12.5. The summed E-state index contributed by atoms with van der Waals surface area (Å²) in [6.07, 6.45) is 0. The summed E-state index contributed by atoms with van der Waals surface area (Å²) in [7, 11) is -2.10. The van der Waals surface area contributed by atoms with Crippen LogP contribution in [0.15, 0.2) is 77.7 Å². The Hall–Kier alpha value is -2.70. The quantitative estimate of drug-likeness (QED) is 0.728. The molecule has 0 radical (unpaired) electrons. The Morgan fingerprint density at radius 3 is 2.31 bits per heavy atom. The fraction of sp³-hybridized carbons (Fsp3) is 0.150. The van der Waals surface area contributed by atoms with Crippen LogP contribution in [0.5, 0.6) is 0 Å². The van der Waals surface area contributed by atoms with E-state index in [1.807, 2.05) is 54.6 Å². The number of hydrogen-bond acceptors (Lipinski definition) is 3. The van der Waals surface area contributed by atoms with Crippen LogP contribution in [-0.2, 0) is 21.4 Å². The van der Waals surface area contributed by atoms with Crippen LogP contribution in [0.4, 0.5) is 0 Å². The number of fused-ring (bicyclic) bond motifs is 1. The fourth-order valence-corrected chi connectivity index (χ4v) is 3.66. The number of likely N-dealkylation sites (N-methyl/N-ethyl adjacent to an activating group) is 1. The minimum atomic E-state index is -3.75. The minimum absolute atomic E-state index is 0.148. The van der Waals surface area contributed by atoms with Crippen molar-refractivity contribution in [3.63, 3.8) is 0 Å². The van der Waals surface area contributed by atoms with Crippen LogP contribution in [0.1, 0.15) is 5.56 Å². The predicted molar refractivity (Wildman–Crippen MR) is 102 cm³/mol. The van der Waals surface area contributed by atoms with Crippen molar-refractivity contribution in [2.24, 2.45) is 0 Å². The Labute approximate surface area is 153 Å². The maximum absolute atomic E-state index is 12.5. The first kappa shape index (κ1) is 18.1. The van der Waals surface area contributed by atoms with E-state index < -0.39 is 10.0 Å². The van der Waals surface area contributed by atoms with Crippen LogP contribution in [-0.4, -0.2) is 32.8 Å². The number of carbonyl (C=O) groups is 1. The van der Waals surface area contributed by atoms with Crippen LogP contribution >= 0.6 is 0 Å². The lowest BCUT2D eigenvalue weighted by Gasteiger charge is -2.17. The maximum atomic E-state index is 12.5. The van der Waals surface area contributed by atoms with Gasteiger partial charge in [0.2, 0.25) is 15.9 Å². The number of sulfonamides is 1. The van der Waals surface area contributed by atoms with Crippen molar-refractivity contribution in [2.45, 2.75) is 11.4 Å². The molecule has 0 spiro atoms. The third-order valence-corrected chi connectivity index (χ3v) is 5.53. The van der Waals surface area contributed by atoms with Gasteiger partial charge in [-0.2, -0.15) is 0 Å². The van der Waals surface area contributed by atoms with Crippen molar-refractivity contribution >= 4 is 26.7 Å². The lowest BCUT2D eigenvalue weighted by atomic mass is 10.1. The molecule has 0 aromatic heterocycles. The first-order valence-corrected chi connectivity index (χ1v) is 9.70. The van der Waals surface area contributed by atoms with Crippen molar-refractivity contribution in [1.82, 2.24) is 9.62 Å². The molecule has 3 rings (SSSR count). The second-order valence-electron chi connectivity index (χ2n) is 6.07. The number of benzene rings is 3. The Morgan fingerprint density at radius 1 is 0.923 bits per heavy atom. The molecule has 3 aromatic rings. The van der Waals surface area contributed by atoms with Gasteiger partial charge >= 0.3 is 0 Å². The molecule has 0 aliphatic heterocycles. The molecule has 0 aliphatic rings. The van der Waals surface area contributed by atoms with Crippen molar-refractivity contribution in [3.05, 3.63) is 78.4 Å². The SMILES string of the molecule is CN(Cc1ccccc1)C(=O)CNS(=O)(=O)c1ccc2ccccc2c1. The van der Waals surface area contributed by atoms with E-state index >= 15 is 0 Å². The topological polar surface area (TPSA) is 66.5 Å². The molecule has 1 N–H and O–H groups in total. The highest BCUT2D eigenvalue weighted by molar-refractivity contribution is 7.89.